The molecule has 0 aliphatic carbocycles. The second kappa shape index (κ2) is 11.0. The van der Waals surface area contributed by atoms with Gasteiger partial charge in [-0.25, -0.2) is 9.78 Å². The third kappa shape index (κ3) is 6.76. The van der Waals surface area contributed by atoms with E-state index >= 15 is 0 Å². The first kappa shape index (κ1) is 20.4. The van der Waals surface area contributed by atoms with Crippen molar-refractivity contribution in [2.45, 2.75) is 32.7 Å². The highest BCUT2D eigenvalue weighted by atomic mass is 16.5. The first-order valence-corrected chi connectivity index (χ1v) is 8.17. The van der Waals surface area contributed by atoms with E-state index in [1.807, 2.05) is 41.8 Å². The van der Waals surface area contributed by atoms with Crippen molar-refractivity contribution in [2.75, 3.05) is 13.2 Å². The van der Waals surface area contributed by atoms with Crippen LogP contribution >= 0.6 is 0 Å². The monoisotopic (exact) mass is 347 g/mol. The summed E-state index contributed by atoms with van der Waals surface area (Å²) in [6, 6.07) is 10.0. The number of hydrogen-bond acceptors (Lipinski definition) is 5. The summed E-state index contributed by atoms with van der Waals surface area (Å²) in [6.45, 7) is 4.65. The van der Waals surface area contributed by atoms with Crippen LogP contribution in [0.1, 0.15) is 48.8 Å². The number of rotatable bonds is 7. The Hall–Kier alpha value is -2.67. The van der Waals surface area contributed by atoms with Crippen LogP contribution < -0.4 is 5.73 Å². The van der Waals surface area contributed by atoms with Gasteiger partial charge in [0.1, 0.15) is 5.69 Å². The van der Waals surface area contributed by atoms with Gasteiger partial charge in [0.15, 0.2) is 0 Å². The number of aromatic nitrogens is 2. The van der Waals surface area contributed by atoms with Crippen molar-refractivity contribution in [2.24, 2.45) is 5.73 Å². The van der Waals surface area contributed by atoms with Crippen LogP contribution in [0.5, 0.6) is 0 Å². The molecule has 0 saturated heterocycles. The molecule has 0 radical (unpaired) electrons. The van der Waals surface area contributed by atoms with Gasteiger partial charge < -0.3 is 20.1 Å². The third-order valence-electron chi connectivity index (χ3n) is 3.44. The normalized spacial score (nSPS) is 11.2. The summed E-state index contributed by atoms with van der Waals surface area (Å²) in [7, 11) is 0. The summed E-state index contributed by atoms with van der Waals surface area (Å²) in [4.78, 5) is 25.5. The Kier molecular flexibility index (Phi) is 8.95. The van der Waals surface area contributed by atoms with Gasteiger partial charge >= 0.3 is 11.9 Å². The number of nitrogens with two attached hydrogens (primary N) is 1. The van der Waals surface area contributed by atoms with Gasteiger partial charge in [0.25, 0.3) is 0 Å². The Bertz CT molecular complexity index is 655. The second-order valence-electron chi connectivity index (χ2n) is 5.28. The zero-order valence-corrected chi connectivity index (χ0v) is 14.6. The van der Waals surface area contributed by atoms with Crippen molar-refractivity contribution < 1.29 is 19.4 Å². The number of benzene rings is 1. The molecule has 1 aromatic heterocycles. The molecule has 0 aliphatic rings. The number of carbonyl (C=O) groups is 2. The molecule has 0 spiro atoms. The fourth-order valence-electron chi connectivity index (χ4n) is 2.12. The average Bonchev–Trinajstić information content (AvgIpc) is 3.10. The van der Waals surface area contributed by atoms with Crippen LogP contribution in [0.3, 0.4) is 0 Å². The Labute approximate surface area is 147 Å². The van der Waals surface area contributed by atoms with E-state index in [1.165, 1.54) is 6.20 Å². The number of nitrogens with zero attached hydrogens (tertiary/aromatic N) is 2. The lowest BCUT2D eigenvalue weighted by Gasteiger charge is -2.16. The van der Waals surface area contributed by atoms with Gasteiger partial charge in [0.05, 0.1) is 25.2 Å². The fraction of sp³-hybridized carbons (Fsp3) is 0.389. The predicted octanol–water partition coefficient (Wildman–Crippen LogP) is 2.48. The number of carboxylic acids is 1. The minimum Gasteiger partial charge on any atom is -0.481 e. The summed E-state index contributed by atoms with van der Waals surface area (Å²) in [5.74, 6) is -1.11. The summed E-state index contributed by atoms with van der Waals surface area (Å²) in [6.07, 6.45) is 3.97. The van der Waals surface area contributed by atoms with Gasteiger partial charge in [0, 0.05) is 6.42 Å². The maximum absolute atomic E-state index is 11.8. The third-order valence-corrected chi connectivity index (χ3v) is 3.44. The predicted molar refractivity (Wildman–Crippen MR) is 94.4 cm³/mol. The molecule has 7 nitrogen and oxygen atoms in total. The number of hydrogen-bond donors (Lipinski definition) is 2. The molecule has 136 valence electrons. The zero-order valence-electron chi connectivity index (χ0n) is 14.6. The Morgan fingerprint density at radius 1 is 1.32 bits per heavy atom. The topological polar surface area (TPSA) is 107 Å². The van der Waals surface area contributed by atoms with Crippen molar-refractivity contribution in [3.8, 4) is 0 Å². The number of imidazole rings is 1. The molecule has 1 heterocycles. The van der Waals surface area contributed by atoms with Gasteiger partial charge in [-0.05, 0) is 32.4 Å². The Morgan fingerprint density at radius 2 is 2.00 bits per heavy atom. The quantitative estimate of drug-likeness (QED) is 0.745. The molecule has 0 fully saturated rings. The molecule has 0 aliphatic heterocycles. The first-order chi connectivity index (χ1) is 12.0. The molecule has 3 N–H and O–H groups in total. The number of ether oxygens (including phenoxy) is 1. The molecule has 2 aromatic rings. The number of esters is 1. The SMILES string of the molecule is CCOC(=O)c1cncn1C(C)c1ccccc1.NCCCC(=O)O. The van der Waals surface area contributed by atoms with Crippen LogP contribution in [-0.2, 0) is 9.53 Å². The lowest BCUT2D eigenvalue weighted by atomic mass is 10.1. The second-order valence-corrected chi connectivity index (χ2v) is 5.28. The smallest absolute Gasteiger partial charge is 0.356 e. The highest BCUT2D eigenvalue weighted by Crippen LogP contribution is 2.19. The fourth-order valence-corrected chi connectivity index (χ4v) is 2.12. The van der Waals surface area contributed by atoms with Crippen LogP contribution in [0.2, 0.25) is 0 Å². The standard InChI is InChI=1S/C14H16N2O2.C4H9NO2/c1-3-18-14(17)13-9-15-10-16(13)11(2)12-7-5-4-6-8-12;5-3-1-2-4(6)7/h4-11H,3H2,1-2H3;1-3,5H2,(H,6,7). The lowest BCUT2D eigenvalue weighted by Crippen LogP contribution is -2.15. The summed E-state index contributed by atoms with van der Waals surface area (Å²) < 4.78 is 6.84. The van der Waals surface area contributed by atoms with E-state index < -0.39 is 5.97 Å². The van der Waals surface area contributed by atoms with Gasteiger partial charge in [-0.3, -0.25) is 4.79 Å². The molecule has 0 bridgehead atoms. The molecule has 1 unspecified atom stereocenters. The summed E-state index contributed by atoms with van der Waals surface area (Å²) in [5, 5.41) is 7.99. The van der Waals surface area contributed by atoms with Crippen LogP contribution in [0.25, 0.3) is 0 Å². The van der Waals surface area contributed by atoms with E-state index in [9.17, 15) is 9.59 Å². The molecule has 25 heavy (non-hydrogen) atoms. The lowest BCUT2D eigenvalue weighted by molar-refractivity contribution is -0.137. The maximum atomic E-state index is 11.8. The molecule has 0 amide bonds. The molecule has 1 aromatic carbocycles. The first-order valence-electron chi connectivity index (χ1n) is 8.17. The van der Waals surface area contributed by atoms with Crippen molar-refractivity contribution in [1.29, 1.82) is 0 Å². The van der Waals surface area contributed by atoms with E-state index in [4.69, 9.17) is 15.6 Å². The van der Waals surface area contributed by atoms with E-state index in [1.54, 1.807) is 13.3 Å². The molecular weight excluding hydrogens is 322 g/mol. The largest absolute Gasteiger partial charge is 0.481 e. The van der Waals surface area contributed by atoms with E-state index in [-0.39, 0.29) is 18.4 Å². The molecule has 1 atom stereocenters. The van der Waals surface area contributed by atoms with Crippen molar-refractivity contribution in [3.63, 3.8) is 0 Å². The van der Waals surface area contributed by atoms with Crippen LogP contribution in [-0.4, -0.2) is 39.7 Å². The summed E-state index contributed by atoms with van der Waals surface area (Å²) in [5.41, 5.74) is 6.62. The van der Waals surface area contributed by atoms with Gasteiger partial charge in [0.2, 0.25) is 0 Å². The number of aliphatic carboxylic acids is 1. The Morgan fingerprint density at radius 3 is 2.52 bits per heavy atom. The van der Waals surface area contributed by atoms with Crippen molar-refractivity contribution >= 4 is 11.9 Å². The minimum atomic E-state index is -0.773. The van der Waals surface area contributed by atoms with Gasteiger partial charge in [-0.15, -0.1) is 0 Å². The molecule has 0 saturated carbocycles. The molecule has 7 heteroatoms. The summed E-state index contributed by atoms with van der Waals surface area (Å²) >= 11 is 0. The van der Waals surface area contributed by atoms with E-state index in [0.717, 1.165) is 5.56 Å². The molecule has 2 rings (SSSR count). The van der Waals surface area contributed by atoms with E-state index in [0.29, 0.717) is 25.3 Å². The minimum absolute atomic E-state index is 0.0492. The van der Waals surface area contributed by atoms with Crippen LogP contribution in [0.4, 0.5) is 0 Å². The van der Waals surface area contributed by atoms with Crippen molar-refractivity contribution in [1.82, 2.24) is 9.55 Å². The highest BCUT2D eigenvalue weighted by molar-refractivity contribution is 5.87. The van der Waals surface area contributed by atoms with Crippen molar-refractivity contribution in [3.05, 3.63) is 54.1 Å². The highest BCUT2D eigenvalue weighted by Gasteiger charge is 2.17. The number of carbonyl (C=O) groups excluding carboxylic acids is 1. The number of carboxylic acid groups (broad SMARTS) is 1. The maximum Gasteiger partial charge on any atom is 0.356 e. The van der Waals surface area contributed by atoms with E-state index in [2.05, 4.69) is 4.98 Å². The zero-order chi connectivity index (χ0) is 18.7. The Balaban J connectivity index is 0.000000381. The average molecular weight is 347 g/mol. The van der Waals surface area contributed by atoms with Crippen LogP contribution in [0.15, 0.2) is 42.9 Å². The van der Waals surface area contributed by atoms with Crippen LogP contribution in [0, 0.1) is 0 Å². The molecular formula is C18H25N3O4. The van der Waals surface area contributed by atoms with Gasteiger partial charge in [-0.2, -0.15) is 0 Å². The van der Waals surface area contributed by atoms with Gasteiger partial charge in [-0.1, -0.05) is 30.3 Å².